The molecule has 3 aromatic carbocycles. The Bertz CT molecular complexity index is 1390. The third-order valence-corrected chi connectivity index (χ3v) is 8.58. The summed E-state index contributed by atoms with van der Waals surface area (Å²) < 4.78 is 2.33. The molecule has 1 aliphatic rings. The van der Waals surface area contributed by atoms with E-state index in [-0.39, 0.29) is 6.42 Å². The van der Waals surface area contributed by atoms with Gasteiger partial charge in [0.15, 0.2) is 0 Å². The highest BCUT2D eigenvalue weighted by Crippen LogP contribution is 2.53. The fourth-order valence-corrected chi connectivity index (χ4v) is 6.95. The summed E-state index contributed by atoms with van der Waals surface area (Å²) >= 11 is 3.56. The van der Waals surface area contributed by atoms with Gasteiger partial charge < -0.3 is 9.41 Å². The van der Waals surface area contributed by atoms with Crippen molar-refractivity contribution in [1.29, 1.82) is 0 Å². The number of carboxylic acids is 1. The van der Waals surface area contributed by atoms with Gasteiger partial charge in [0.2, 0.25) is 0 Å². The molecule has 0 radical (unpaired) electrons. The molecule has 0 saturated heterocycles. The highest BCUT2D eigenvalue weighted by Gasteiger charge is 2.31. The van der Waals surface area contributed by atoms with E-state index in [1.807, 2.05) is 17.4 Å². The summed E-state index contributed by atoms with van der Waals surface area (Å²) in [6, 6.07) is 21.3. The first-order chi connectivity index (χ1) is 16.4. The van der Waals surface area contributed by atoms with E-state index in [1.54, 1.807) is 11.9 Å². The van der Waals surface area contributed by atoms with Crippen LogP contribution in [0.2, 0.25) is 0 Å². The number of thiophene rings is 1. The Morgan fingerprint density at radius 1 is 0.971 bits per heavy atom. The Labute approximate surface area is 209 Å². The first-order valence-corrected chi connectivity index (χ1v) is 13.3. The van der Waals surface area contributed by atoms with E-state index < -0.39 is 5.97 Å². The molecule has 0 spiro atoms. The zero-order chi connectivity index (χ0) is 24.0. The second-order valence-electron chi connectivity index (χ2n) is 8.80. The summed E-state index contributed by atoms with van der Waals surface area (Å²) in [5.41, 5.74) is 11.3. The maximum absolute atomic E-state index is 11.9. The quantitative estimate of drug-likeness (QED) is 0.292. The van der Waals surface area contributed by atoms with Gasteiger partial charge in [-0.3, -0.25) is 4.79 Å². The second-order valence-corrected chi connectivity index (χ2v) is 10.7. The van der Waals surface area contributed by atoms with Crippen LogP contribution in [0.3, 0.4) is 0 Å². The molecule has 0 amide bonds. The van der Waals surface area contributed by atoms with Crippen molar-refractivity contribution < 1.29 is 9.90 Å². The van der Waals surface area contributed by atoms with E-state index in [4.69, 9.17) is 0 Å². The molecule has 0 fully saturated rings. The molecule has 1 N–H and O–H groups in total. The number of anilines is 1. The zero-order valence-electron chi connectivity index (χ0n) is 19.8. The Kier molecular flexibility index (Phi) is 6.00. The summed E-state index contributed by atoms with van der Waals surface area (Å²) in [5.74, 6) is -0.801. The Morgan fingerprint density at radius 2 is 1.68 bits per heavy atom. The minimum atomic E-state index is -0.801. The molecule has 34 heavy (non-hydrogen) atoms. The molecular formula is C29H27NO2S2. The van der Waals surface area contributed by atoms with Gasteiger partial charge in [-0.25, -0.2) is 0 Å². The fourth-order valence-electron chi connectivity index (χ4n) is 5.04. The first-order valence-electron chi connectivity index (χ1n) is 11.3. The van der Waals surface area contributed by atoms with E-state index in [0.717, 1.165) is 40.0 Å². The van der Waals surface area contributed by atoms with Crippen LogP contribution in [0.5, 0.6) is 0 Å². The summed E-state index contributed by atoms with van der Waals surface area (Å²) in [6.45, 7) is 7.14. The van der Waals surface area contributed by atoms with E-state index >= 15 is 0 Å². The van der Waals surface area contributed by atoms with Gasteiger partial charge in [-0.2, -0.15) is 0 Å². The van der Waals surface area contributed by atoms with Gasteiger partial charge >= 0.3 is 5.97 Å². The first kappa shape index (κ1) is 22.8. The number of nitrogens with zero attached hydrogens (tertiary/aromatic N) is 1. The summed E-state index contributed by atoms with van der Waals surface area (Å²) in [6.07, 6.45) is 2.11. The fraction of sp³-hybridized carbons (Fsp3) is 0.207. The molecule has 1 aromatic heterocycles. The standard InChI is InChI=1S/C29H27NO2S2/c1-17-10-12-21(13-11-17)27-19(3)28-23-14-24(20-8-6-5-7-9-20)34-25(23)16-30(33-4)29(28)18(2)22(27)15-26(31)32/h5-14H,15-16H2,1-4H3,(H,31,32). The second kappa shape index (κ2) is 8.97. The largest absolute Gasteiger partial charge is 0.481 e. The topological polar surface area (TPSA) is 40.5 Å². The molecular weight excluding hydrogens is 458 g/mol. The number of fused-ring (bicyclic) bond motifs is 3. The molecule has 2 heterocycles. The average molecular weight is 486 g/mol. The van der Waals surface area contributed by atoms with Crippen molar-refractivity contribution in [3.8, 4) is 32.7 Å². The van der Waals surface area contributed by atoms with Gasteiger partial charge in [0, 0.05) is 27.1 Å². The van der Waals surface area contributed by atoms with Crippen LogP contribution in [0.4, 0.5) is 5.69 Å². The van der Waals surface area contributed by atoms with Gasteiger partial charge in [0.05, 0.1) is 18.7 Å². The third-order valence-electron chi connectivity index (χ3n) is 6.66. The SMILES string of the molecule is CSN1Cc2sc(-c3ccccc3)cc2-c2c(C)c(-c3ccc(C)cc3)c(CC(=O)O)c(C)c21. The summed E-state index contributed by atoms with van der Waals surface area (Å²) in [5, 5.41) is 9.79. The van der Waals surface area contributed by atoms with Gasteiger partial charge in [-0.15, -0.1) is 11.3 Å². The predicted octanol–water partition coefficient (Wildman–Crippen LogP) is 7.90. The van der Waals surface area contributed by atoms with Gasteiger partial charge in [0.25, 0.3) is 0 Å². The maximum Gasteiger partial charge on any atom is 0.307 e. The van der Waals surface area contributed by atoms with E-state index in [9.17, 15) is 9.90 Å². The normalized spacial score (nSPS) is 12.4. The molecule has 0 bridgehead atoms. The van der Waals surface area contributed by atoms with Crippen molar-refractivity contribution in [2.24, 2.45) is 0 Å². The highest BCUT2D eigenvalue weighted by atomic mass is 32.2. The Hall–Kier alpha value is -3.02. The van der Waals surface area contributed by atoms with Gasteiger partial charge in [0.1, 0.15) is 0 Å². The zero-order valence-corrected chi connectivity index (χ0v) is 21.4. The lowest BCUT2D eigenvalue weighted by Crippen LogP contribution is -2.21. The number of rotatable bonds is 5. The monoisotopic (exact) mass is 485 g/mol. The minimum absolute atomic E-state index is 0.0111. The van der Waals surface area contributed by atoms with Crippen LogP contribution in [0.15, 0.2) is 60.7 Å². The third kappa shape index (κ3) is 3.83. The lowest BCUT2D eigenvalue weighted by Gasteiger charge is -2.34. The van der Waals surface area contributed by atoms with Crippen molar-refractivity contribution in [3.05, 3.63) is 87.8 Å². The number of benzene rings is 3. The lowest BCUT2D eigenvalue weighted by molar-refractivity contribution is -0.136. The molecule has 0 aliphatic carbocycles. The van der Waals surface area contributed by atoms with E-state index in [0.29, 0.717) is 0 Å². The van der Waals surface area contributed by atoms with Gasteiger partial charge in [-0.05, 0) is 60.2 Å². The number of carboxylic acid groups (broad SMARTS) is 1. The summed E-state index contributed by atoms with van der Waals surface area (Å²) in [4.78, 5) is 14.5. The van der Waals surface area contributed by atoms with Gasteiger partial charge in [-0.1, -0.05) is 72.1 Å². The van der Waals surface area contributed by atoms with E-state index in [2.05, 4.69) is 85.9 Å². The predicted molar refractivity (Wildman–Crippen MR) is 146 cm³/mol. The van der Waals surface area contributed by atoms with Crippen LogP contribution in [0, 0.1) is 20.8 Å². The minimum Gasteiger partial charge on any atom is -0.481 e. The van der Waals surface area contributed by atoms with Crippen LogP contribution in [-0.2, 0) is 17.8 Å². The van der Waals surface area contributed by atoms with Crippen LogP contribution < -0.4 is 4.31 Å². The van der Waals surface area contributed by atoms with Crippen molar-refractivity contribution >= 4 is 34.9 Å². The molecule has 0 saturated carbocycles. The van der Waals surface area contributed by atoms with Crippen LogP contribution in [-0.4, -0.2) is 17.3 Å². The summed E-state index contributed by atoms with van der Waals surface area (Å²) in [7, 11) is 0. The average Bonchev–Trinajstić information content (AvgIpc) is 3.26. The maximum atomic E-state index is 11.9. The molecule has 172 valence electrons. The molecule has 5 heteroatoms. The molecule has 5 rings (SSSR count). The smallest absolute Gasteiger partial charge is 0.307 e. The van der Waals surface area contributed by atoms with Crippen molar-refractivity contribution in [2.45, 2.75) is 33.7 Å². The molecule has 4 aromatic rings. The van der Waals surface area contributed by atoms with Crippen molar-refractivity contribution in [2.75, 3.05) is 10.6 Å². The molecule has 0 unspecified atom stereocenters. The van der Waals surface area contributed by atoms with Crippen LogP contribution >= 0.6 is 23.3 Å². The number of hydrogen-bond acceptors (Lipinski definition) is 4. The lowest BCUT2D eigenvalue weighted by atomic mass is 9.82. The molecule has 0 atom stereocenters. The van der Waals surface area contributed by atoms with Crippen molar-refractivity contribution in [1.82, 2.24) is 0 Å². The van der Waals surface area contributed by atoms with Crippen LogP contribution in [0.1, 0.15) is 27.1 Å². The number of carbonyl (C=O) groups is 1. The van der Waals surface area contributed by atoms with Crippen molar-refractivity contribution in [3.63, 3.8) is 0 Å². The number of hydrogen-bond donors (Lipinski definition) is 1. The van der Waals surface area contributed by atoms with Crippen LogP contribution in [0.25, 0.3) is 32.7 Å². The Balaban J connectivity index is 1.82. The highest BCUT2D eigenvalue weighted by molar-refractivity contribution is 7.99. The van der Waals surface area contributed by atoms with E-state index in [1.165, 1.54) is 32.0 Å². The molecule has 3 nitrogen and oxygen atoms in total. The number of aryl methyl sites for hydroxylation is 1. The number of aliphatic carboxylic acids is 1. The Morgan fingerprint density at radius 3 is 2.32 bits per heavy atom. The molecule has 1 aliphatic heterocycles.